The van der Waals surface area contributed by atoms with Crippen LogP contribution >= 0.6 is 11.8 Å². The molecule has 0 fully saturated rings. The van der Waals surface area contributed by atoms with Crippen LogP contribution in [0.25, 0.3) is 11.1 Å². The van der Waals surface area contributed by atoms with E-state index in [1.54, 1.807) is 11.8 Å². The normalized spacial score (nSPS) is 12.2. The van der Waals surface area contributed by atoms with Gasteiger partial charge in [-0.25, -0.2) is 4.39 Å². The molecule has 128 valence electrons. The highest BCUT2D eigenvalue weighted by atomic mass is 32.2. The topological polar surface area (TPSA) is 33.6 Å². The predicted molar refractivity (Wildman–Crippen MR) is 102 cm³/mol. The number of nitrogens with zero attached hydrogens (tertiary/aromatic N) is 1. The van der Waals surface area contributed by atoms with E-state index in [1.165, 1.54) is 13.2 Å². The molecule has 0 aliphatic heterocycles. The van der Waals surface area contributed by atoms with Crippen LogP contribution in [0.15, 0.2) is 47.6 Å². The molecule has 0 radical (unpaired) electrons. The van der Waals surface area contributed by atoms with Crippen molar-refractivity contribution in [1.82, 2.24) is 0 Å². The van der Waals surface area contributed by atoms with Crippen LogP contribution in [-0.4, -0.2) is 18.4 Å². The summed E-state index contributed by atoms with van der Waals surface area (Å²) in [6.45, 7) is 6.26. The zero-order valence-corrected chi connectivity index (χ0v) is 15.5. The highest BCUT2D eigenvalue weighted by Gasteiger charge is 2.19. The number of halogens is 1. The average Bonchev–Trinajstić information content (AvgIpc) is 2.54. The Morgan fingerprint density at radius 2 is 1.79 bits per heavy atom. The van der Waals surface area contributed by atoms with Gasteiger partial charge in [0.2, 0.25) is 0 Å². The highest BCUT2D eigenvalue weighted by molar-refractivity contribution is 8.13. The lowest BCUT2D eigenvalue weighted by Gasteiger charge is -2.20. The van der Waals surface area contributed by atoms with Crippen molar-refractivity contribution in [2.75, 3.05) is 18.8 Å². The number of rotatable bonds is 4. The van der Waals surface area contributed by atoms with E-state index in [1.807, 2.05) is 42.7 Å². The van der Waals surface area contributed by atoms with Gasteiger partial charge < -0.3 is 4.74 Å². The van der Waals surface area contributed by atoms with Gasteiger partial charge in [0.15, 0.2) is 11.6 Å². The van der Waals surface area contributed by atoms with Crippen molar-refractivity contribution in [2.45, 2.75) is 20.8 Å². The van der Waals surface area contributed by atoms with Crippen molar-refractivity contribution in [3.05, 3.63) is 48.3 Å². The van der Waals surface area contributed by atoms with E-state index in [9.17, 15) is 4.39 Å². The molecule has 5 heteroatoms. The van der Waals surface area contributed by atoms with Crippen molar-refractivity contribution in [2.24, 2.45) is 10.5 Å². The summed E-state index contributed by atoms with van der Waals surface area (Å²) >= 11 is 1.57. The Bertz CT molecular complexity index is 724. The molecule has 0 heterocycles. The third kappa shape index (κ3) is 4.29. The van der Waals surface area contributed by atoms with Gasteiger partial charge >= 0.3 is 0 Å². The van der Waals surface area contributed by atoms with E-state index in [2.05, 4.69) is 31.3 Å². The Morgan fingerprint density at radius 3 is 2.33 bits per heavy atom. The fraction of sp³-hybridized carbons (Fsp3) is 0.316. The van der Waals surface area contributed by atoms with Crippen molar-refractivity contribution < 1.29 is 9.13 Å². The van der Waals surface area contributed by atoms with Gasteiger partial charge in [-0.15, -0.1) is 11.8 Å². The molecule has 0 amide bonds. The van der Waals surface area contributed by atoms with Crippen LogP contribution in [0.4, 0.5) is 10.1 Å². The van der Waals surface area contributed by atoms with Crippen LogP contribution < -0.4 is 10.2 Å². The van der Waals surface area contributed by atoms with Crippen LogP contribution in [-0.2, 0) is 0 Å². The Labute approximate surface area is 147 Å². The van der Waals surface area contributed by atoms with Crippen molar-refractivity contribution in [3.8, 4) is 16.9 Å². The van der Waals surface area contributed by atoms with E-state index >= 15 is 0 Å². The molecule has 3 nitrogen and oxygen atoms in total. The lowest BCUT2D eigenvalue weighted by atomic mass is 9.99. The van der Waals surface area contributed by atoms with Gasteiger partial charge in [-0.05, 0) is 29.5 Å². The summed E-state index contributed by atoms with van der Waals surface area (Å²) in [5.41, 5.74) is 5.10. The first-order chi connectivity index (χ1) is 11.4. The Hall–Kier alpha value is -2.01. The van der Waals surface area contributed by atoms with E-state index in [-0.39, 0.29) is 11.2 Å². The SMILES string of the molecule is COc1c(F)cc(-c2ccccc2)cc1N/N=C(/SC)C(C)(C)C. The second-order valence-electron chi connectivity index (χ2n) is 6.39. The van der Waals surface area contributed by atoms with Crippen molar-refractivity contribution in [3.63, 3.8) is 0 Å². The Balaban J connectivity index is 2.45. The molecular formula is C19H23FN2OS. The van der Waals surface area contributed by atoms with Crippen LogP contribution in [0.1, 0.15) is 20.8 Å². The number of hydrogen-bond acceptors (Lipinski definition) is 4. The molecule has 0 spiro atoms. The third-order valence-corrected chi connectivity index (χ3v) is 4.56. The first kappa shape index (κ1) is 18.3. The van der Waals surface area contributed by atoms with Crippen LogP contribution in [0.5, 0.6) is 5.75 Å². The standard InChI is InChI=1S/C19H23FN2OS/c1-19(2,3)18(24-5)22-21-16-12-14(11-15(20)17(16)23-4)13-9-7-6-8-10-13/h6-12,21H,1-5H3/b22-18+. The zero-order valence-electron chi connectivity index (χ0n) is 14.7. The minimum absolute atomic E-state index is 0.0881. The van der Waals surface area contributed by atoms with Crippen LogP contribution in [0, 0.1) is 11.2 Å². The second-order valence-corrected chi connectivity index (χ2v) is 7.18. The molecule has 0 aromatic heterocycles. The molecule has 0 unspecified atom stereocenters. The van der Waals surface area contributed by atoms with Gasteiger partial charge in [0.05, 0.1) is 12.2 Å². The number of thioether (sulfide) groups is 1. The minimum Gasteiger partial charge on any atom is -0.492 e. The van der Waals surface area contributed by atoms with Crippen molar-refractivity contribution in [1.29, 1.82) is 0 Å². The average molecular weight is 346 g/mol. The van der Waals surface area contributed by atoms with Gasteiger partial charge in [0.25, 0.3) is 0 Å². The Kier molecular flexibility index (Phi) is 5.89. The molecule has 0 saturated carbocycles. The molecule has 2 aromatic carbocycles. The van der Waals surface area contributed by atoms with Gasteiger partial charge in [0, 0.05) is 5.41 Å². The van der Waals surface area contributed by atoms with Crippen LogP contribution in [0.2, 0.25) is 0 Å². The summed E-state index contributed by atoms with van der Waals surface area (Å²) in [5, 5.41) is 5.38. The number of hydrazone groups is 1. The van der Waals surface area contributed by atoms with Crippen LogP contribution in [0.3, 0.4) is 0 Å². The van der Waals surface area contributed by atoms with E-state index in [4.69, 9.17) is 4.74 Å². The summed E-state index contributed by atoms with van der Waals surface area (Å²) in [5.74, 6) is -0.259. The van der Waals surface area contributed by atoms with E-state index in [0.29, 0.717) is 5.69 Å². The van der Waals surface area contributed by atoms with E-state index in [0.717, 1.165) is 16.2 Å². The minimum atomic E-state index is -0.419. The summed E-state index contributed by atoms with van der Waals surface area (Å²) in [6.07, 6.45) is 1.98. The largest absolute Gasteiger partial charge is 0.492 e. The monoisotopic (exact) mass is 346 g/mol. The molecule has 0 atom stereocenters. The number of anilines is 1. The molecule has 2 aromatic rings. The summed E-state index contributed by atoms with van der Waals surface area (Å²) < 4.78 is 19.6. The fourth-order valence-corrected chi connectivity index (χ4v) is 3.06. The van der Waals surface area contributed by atoms with Gasteiger partial charge in [-0.1, -0.05) is 51.1 Å². The molecule has 0 aliphatic carbocycles. The molecular weight excluding hydrogens is 323 g/mol. The second kappa shape index (κ2) is 7.71. The molecule has 0 bridgehead atoms. The molecule has 0 saturated heterocycles. The number of ether oxygens (including phenoxy) is 1. The summed E-state index contributed by atoms with van der Waals surface area (Å²) in [7, 11) is 1.45. The molecule has 24 heavy (non-hydrogen) atoms. The summed E-state index contributed by atoms with van der Waals surface area (Å²) in [4.78, 5) is 0. The fourth-order valence-electron chi connectivity index (χ4n) is 2.31. The Morgan fingerprint density at radius 1 is 1.12 bits per heavy atom. The molecule has 1 N–H and O–H groups in total. The maximum absolute atomic E-state index is 14.4. The van der Waals surface area contributed by atoms with E-state index < -0.39 is 5.82 Å². The quantitative estimate of drug-likeness (QED) is 0.442. The number of nitrogens with one attached hydrogen (secondary N) is 1. The third-order valence-electron chi connectivity index (χ3n) is 3.47. The maximum Gasteiger partial charge on any atom is 0.179 e. The first-order valence-corrected chi connectivity index (χ1v) is 8.90. The van der Waals surface area contributed by atoms with Gasteiger partial charge in [-0.3, -0.25) is 5.43 Å². The first-order valence-electron chi connectivity index (χ1n) is 7.68. The van der Waals surface area contributed by atoms with Gasteiger partial charge in [0.1, 0.15) is 5.69 Å². The highest BCUT2D eigenvalue weighted by Crippen LogP contribution is 2.34. The smallest absolute Gasteiger partial charge is 0.179 e. The number of hydrogen-bond donors (Lipinski definition) is 1. The molecule has 2 rings (SSSR count). The number of methoxy groups -OCH3 is 1. The molecule has 0 aliphatic rings. The maximum atomic E-state index is 14.4. The number of benzene rings is 2. The predicted octanol–water partition coefficient (Wildman–Crippen LogP) is 5.64. The van der Waals surface area contributed by atoms with Gasteiger partial charge in [-0.2, -0.15) is 5.10 Å². The lowest BCUT2D eigenvalue weighted by molar-refractivity contribution is 0.388. The zero-order chi connectivity index (χ0) is 17.7. The lowest BCUT2D eigenvalue weighted by Crippen LogP contribution is -2.18. The summed E-state index contributed by atoms with van der Waals surface area (Å²) in [6, 6.07) is 13.0. The van der Waals surface area contributed by atoms with Crippen molar-refractivity contribution >= 4 is 22.5 Å².